The largest absolute Gasteiger partial charge is 0.501 e. The molecule has 0 bridgehead atoms. The number of ether oxygens (including phenoxy) is 1. The van der Waals surface area contributed by atoms with Gasteiger partial charge in [0.25, 0.3) is 5.56 Å². The standard InChI is InChI=1S/C19H19FN4O3/c1-19(2)18-21-15(16(25)17(26)24(18)7-8-27-19)14-10-13(22-23-14)9-11-3-5-12(20)6-4-11/h3-6,10,25H,7-9H2,1-2H3,(H,22,23). The van der Waals surface area contributed by atoms with E-state index in [1.54, 1.807) is 18.2 Å². The van der Waals surface area contributed by atoms with Crippen molar-refractivity contribution in [2.75, 3.05) is 6.61 Å². The Balaban J connectivity index is 1.72. The Labute approximate surface area is 154 Å². The van der Waals surface area contributed by atoms with Crippen molar-refractivity contribution in [2.45, 2.75) is 32.4 Å². The molecule has 0 atom stereocenters. The van der Waals surface area contributed by atoms with Gasteiger partial charge in [-0.3, -0.25) is 14.5 Å². The van der Waals surface area contributed by atoms with E-state index in [9.17, 15) is 14.3 Å². The molecule has 140 valence electrons. The summed E-state index contributed by atoms with van der Waals surface area (Å²) in [4.78, 5) is 17.1. The Hall–Kier alpha value is -3.00. The van der Waals surface area contributed by atoms with E-state index in [4.69, 9.17) is 4.74 Å². The van der Waals surface area contributed by atoms with Crippen molar-refractivity contribution >= 4 is 0 Å². The highest BCUT2D eigenvalue weighted by atomic mass is 19.1. The molecule has 4 rings (SSSR count). The number of halogens is 1. The normalized spacial score (nSPS) is 15.5. The summed E-state index contributed by atoms with van der Waals surface area (Å²) in [5.74, 6) is -0.275. The number of nitrogens with zero attached hydrogens (tertiary/aromatic N) is 3. The molecule has 1 aliphatic heterocycles. The van der Waals surface area contributed by atoms with Crippen molar-refractivity contribution < 1.29 is 14.2 Å². The van der Waals surface area contributed by atoms with Crippen LogP contribution in [-0.4, -0.2) is 31.5 Å². The number of aromatic amines is 1. The summed E-state index contributed by atoms with van der Waals surface area (Å²) in [6.45, 7) is 4.38. The summed E-state index contributed by atoms with van der Waals surface area (Å²) in [6, 6.07) is 7.89. The highest BCUT2D eigenvalue weighted by Crippen LogP contribution is 2.31. The van der Waals surface area contributed by atoms with E-state index in [1.165, 1.54) is 16.7 Å². The minimum absolute atomic E-state index is 0.117. The highest BCUT2D eigenvalue weighted by Gasteiger charge is 2.33. The maximum atomic E-state index is 13.0. The zero-order chi connectivity index (χ0) is 19.2. The van der Waals surface area contributed by atoms with Gasteiger partial charge in [0.1, 0.15) is 28.6 Å². The van der Waals surface area contributed by atoms with E-state index in [2.05, 4.69) is 15.2 Å². The maximum absolute atomic E-state index is 13.0. The monoisotopic (exact) mass is 370 g/mol. The zero-order valence-electron chi connectivity index (χ0n) is 15.0. The van der Waals surface area contributed by atoms with Gasteiger partial charge in [0.2, 0.25) is 5.75 Å². The van der Waals surface area contributed by atoms with Gasteiger partial charge in [-0.2, -0.15) is 5.10 Å². The molecule has 0 amide bonds. The number of aromatic hydroxyl groups is 1. The van der Waals surface area contributed by atoms with E-state index in [1.807, 2.05) is 13.8 Å². The second kappa shape index (κ2) is 6.31. The molecular weight excluding hydrogens is 351 g/mol. The zero-order valence-corrected chi connectivity index (χ0v) is 15.0. The Kier molecular flexibility index (Phi) is 4.07. The van der Waals surface area contributed by atoms with Gasteiger partial charge < -0.3 is 9.84 Å². The average Bonchev–Trinajstić information content (AvgIpc) is 3.08. The van der Waals surface area contributed by atoms with Crippen molar-refractivity contribution in [3.63, 3.8) is 0 Å². The third-order valence-electron chi connectivity index (χ3n) is 4.64. The molecule has 0 saturated carbocycles. The van der Waals surface area contributed by atoms with Crippen molar-refractivity contribution in [2.24, 2.45) is 0 Å². The van der Waals surface area contributed by atoms with Gasteiger partial charge in [-0.1, -0.05) is 12.1 Å². The molecule has 7 nitrogen and oxygen atoms in total. The number of fused-ring (bicyclic) bond motifs is 1. The molecule has 2 aromatic heterocycles. The van der Waals surface area contributed by atoms with Crippen molar-refractivity contribution in [3.05, 3.63) is 63.6 Å². The number of rotatable bonds is 3. The fourth-order valence-corrected chi connectivity index (χ4v) is 3.24. The molecule has 27 heavy (non-hydrogen) atoms. The van der Waals surface area contributed by atoms with E-state index >= 15 is 0 Å². The molecule has 1 aromatic carbocycles. The van der Waals surface area contributed by atoms with Gasteiger partial charge in [0.05, 0.1) is 13.2 Å². The lowest BCUT2D eigenvalue weighted by Gasteiger charge is -2.32. The summed E-state index contributed by atoms with van der Waals surface area (Å²) in [5, 5.41) is 17.4. The number of H-pyrrole nitrogens is 1. The van der Waals surface area contributed by atoms with Gasteiger partial charge in [0, 0.05) is 12.1 Å². The Morgan fingerprint density at radius 2 is 2.07 bits per heavy atom. The number of hydrogen-bond acceptors (Lipinski definition) is 5. The second-order valence-corrected chi connectivity index (χ2v) is 7.03. The van der Waals surface area contributed by atoms with Crippen molar-refractivity contribution in [3.8, 4) is 17.1 Å². The third kappa shape index (κ3) is 3.12. The number of benzene rings is 1. The molecule has 3 heterocycles. The van der Waals surface area contributed by atoms with Crippen LogP contribution in [0.1, 0.15) is 30.9 Å². The van der Waals surface area contributed by atoms with Crippen LogP contribution >= 0.6 is 0 Å². The Bertz CT molecular complexity index is 1050. The van der Waals surface area contributed by atoms with E-state index < -0.39 is 16.9 Å². The molecule has 1 aliphatic rings. The molecule has 8 heteroatoms. The predicted molar refractivity (Wildman–Crippen MR) is 95.9 cm³/mol. The maximum Gasteiger partial charge on any atom is 0.296 e. The minimum Gasteiger partial charge on any atom is -0.501 e. The molecule has 0 radical (unpaired) electrons. The predicted octanol–water partition coefficient (Wildman–Crippen LogP) is 2.33. The summed E-state index contributed by atoms with van der Waals surface area (Å²) in [7, 11) is 0. The second-order valence-electron chi connectivity index (χ2n) is 7.03. The van der Waals surface area contributed by atoms with E-state index in [-0.39, 0.29) is 11.5 Å². The van der Waals surface area contributed by atoms with Crippen LogP contribution in [-0.2, 0) is 23.3 Å². The summed E-state index contributed by atoms with van der Waals surface area (Å²) in [5.41, 5.74) is 0.898. The number of aromatic nitrogens is 4. The fraction of sp³-hybridized carbons (Fsp3) is 0.316. The smallest absolute Gasteiger partial charge is 0.296 e. The Morgan fingerprint density at radius 3 is 2.81 bits per heavy atom. The lowest BCUT2D eigenvalue weighted by Crippen LogP contribution is -2.41. The first-order valence-electron chi connectivity index (χ1n) is 8.62. The lowest BCUT2D eigenvalue weighted by molar-refractivity contribution is -0.0564. The van der Waals surface area contributed by atoms with Crippen molar-refractivity contribution in [1.82, 2.24) is 19.7 Å². The van der Waals surface area contributed by atoms with Gasteiger partial charge >= 0.3 is 0 Å². The first-order chi connectivity index (χ1) is 12.8. The van der Waals surface area contributed by atoms with Crippen LogP contribution in [0.3, 0.4) is 0 Å². The first kappa shape index (κ1) is 17.4. The average molecular weight is 370 g/mol. The van der Waals surface area contributed by atoms with Crippen molar-refractivity contribution in [1.29, 1.82) is 0 Å². The number of hydrogen-bond donors (Lipinski definition) is 2. The highest BCUT2D eigenvalue weighted by molar-refractivity contribution is 5.62. The van der Waals surface area contributed by atoms with Crippen LogP contribution < -0.4 is 5.56 Å². The molecule has 0 aliphatic carbocycles. The molecule has 0 saturated heterocycles. The van der Waals surface area contributed by atoms with Crippen LogP contribution in [0.15, 0.2) is 35.1 Å². The van der Waals surface area contributed by atoms with E-state index in [0.29, 0.717) is 31.1 Å². The number of nitrogens with one attached hydrogen (secondary N) is 1. The van der Waals surface area contributed by atoms with Crippen LogP contribution in [0.25, 0.3) is 11.4 Å². The van der Waals surface area contributed by atoms with Crippen LogP contribution in [0, 0.1) is 5.82 Å². The minimum atomic E-state index is -0.743. The molecule has 3 aromatic rings. The summed E-state index contributed by atoms with van der Waals surface area (Å²) in [6.07, 6.45) is 0.507. The summed E-state index contributed by atoms with van der Waals surface area (Å²) < 4.78 is 20.2. The molecule has 0 spiro atoms. The molecule has 0 fully saturated rings. The van der Waals surface area contributed by atoms with Gasteiger partial charge in [-0.15, -0.1) is 0 Å². The van der Waals surface area contributed by atoms with Crippen LogP contribution in [0.2, 0.25) is 0 Å². The van der Waals surface area contributed by atoms with Gasteiger partial charge in [0.15, 0.2) is 0 Å². The van der Waals surface area contributed by atoms with Gasteiger partial charge in [-0.25, -0.2) is 9.37 Å². The summed E-state index contributed by atoms with van der Waals surface area (Å²) >= 11 is 0. The molecule has 0 unspecified atom stereocenters. The Morgan fingerprint density at radius 1 is 1.33 bits per heavy atom. The molecular formula is C19H19FN4O3. The SMILES string of the molecule is CC1(C)OCCn2c1nc(-c1cc(Cc3ccc(F)cc3)[nH]n1)c(O)c2=O. The lowest BCUT2D eigenvalue weighted by atomic mass is 10.1. The van der Waals surface area contributed by atoms with Gasteiger partial charge in [-0.05, 0) is 37.6 Å². The van der Waals surface area contributed by atoms with Crippen LogP contribution in [0.4, 0.5) is 4.39 Å². The van der Waals surface area contributed by atoms with E-state index in [0.717, 1.165) is 11.3 Å². The van der Waals surface area contributed by atoms with Crippen LogP contribution in [0.5, 0.6) is 5.75 Å². The first-order valence-corrected chi connectivity index (χ1v) is 8.62. The fourth-order valence-electron chi connectivity index (χ4n) is 3.24. The molecule has 2 N–H and O–H groups in total. The quantitative estimate of drug-likeness (QED) is 0.738. The topological polar surface area (TPSA) is 93.0 Å². The third-order valence-corrected chi connectivity index (χ3v) is 4.64.